The molecule has 122 valence electrons. The molecule has 1 N–H and O–H groups in total. The maximum absolute atomic E-state index is 12.2. The van der Waals surface area contributed by atoms with Crippen LogP contribution < -0.4 is 10.1 Å². The molecule has 2 unspecified atom stereocenters. The zero-order chi connectivity index (χ0) is 16.7. The van der Waals surface area contributed by atoms with E-state index in [2.05, 4.69) is 5.32 Å². The maximum Gasteiger partial charge on any atom is 0.260 e. The smallest absolute Gasteiger partial charge is 0.260 e. The fourth-order valence-electron chi connectivity index (χ4n) is 2.15. The molecule has 0 aliphatic heterocycles. The minimum atomic E-state index is -0.596. The van der Waals surface area contributed by atoms with Crippen molar-refractivity contribution in [2.24, 2.45) is 0 Å². The van der Waals surface area contributed by atoms with E-state index >= 15 is 0 Å². The molecule has 0 saturated carbocycles. The third-order valence-electron chi connectivity index (χ3n) is 3.42. The number of para-hydroxylation sites is 1. The summed E-state index contributed by atoms with van der Waals surface area (Å²) in [5.41, 5.74) is 0.841. The second kappa shape index (κ2) is 8.56. The highest BCUT2D eigenvalue weighted by Crippen LogP contribution is 2.24. The molecule has 1 amide bonds. The Morgan fingerprint density at radius 1 is 1.13 bits per heavy atom. The molecular weight excluding hydrogens is 314 g/mol. The first-order valence-electron chi connectivity index (χ1n) is 7.38. The van der Waals surface area contributed by atoms with Crippen LogP contribution in [0.15, 0.2) is 54.6 Å². The van der Waals surface area contributed by atoms with Crippen molar-refractivity contribution < 1.29 is 14.3 Å². The summed E-state index contributed by atoms with van der Waals surface area (Å²) in [6.07, 6.45) is -0.905. The van der Waals surface area contributed by atoms with Crippen molar-refractivity contribution in [3.63, 3.8) is 0 Å². The molecule has 0 aliphatic rings. The molecule has 23 heavy (non-hydrogen) atoms. The predicted octanol–water partition coefficient (Wildman–Crippen LogP) is 3.61. The van der Waals surface area contributed by atoms with Crippen LogP contribution in [-0.4, -0.2) is 25.7 Å². The van der Waals surface area contributed by atoms with Crippen molar-refractivity contribution in [3.8, 4) is 5.75 Å². The topological polar surface area (TPSA) is 47.6 Å². The molecule has 5 heteroatoms. The molecule has 0 bridgehead atoms. The van der Waals surface area contributed by atoms with Crippen molar-refractivity contribution in [1.82, 2.24) is 5.32 Å². The van der Waals surface area contributed by atoms with Crippen LogP contribution in [0, 0.1) is 0 Å². The summed E-state index contributed by atoms with van der Waals surface area (Å²) in [7, 11) is 1.59. The van der Waals surface area contributed by atoms with Gasteiger partial charge in [0.25, 0.3) is 5.91 Å². The van der Waals surface area contributed by atoms with Gasteiger partial charge in [-0.05, 0) is 25.1 Å². The van der Waals surface area contributed by atoms with Gasteiger partial charge in [0.2, 0.25) is 0 Å². The molecule has 0 aliphatic carbocycles. The highest BCUT2D eigenvalue weighted by atomic mass is 35.5. The second-order valence-electron chi connectivity index (χ2n) is 5.06. The van der Waals surface area contributed by atoms with Crippen molar-refractivity contribution >= 4 is 17.5 Å². The summed E-state index contributed by atoms with van der Waals surface area (Å²) in [5, 5.41) is 3.44. The Morgan fingerprint density at radius 3 is 2.43 bits per heavy atom. The summed E-state index contributed by atoms with van der Waals surface area (Å²) in [4.78, 5) is 12.2. The fourth-order valence-corrected chi connectivity index (χ4v) is 2.41. The molecule has 4 nitrogen and oxygen atoms in total. The Hall–Kier alpha value is -2.04. The Balaban J connectivity index is 1.91. The lowest BCUT2D eigenvalue weighted by Gasteiger charge is -2.20. The van der Waals surface area contributed by atoms with Crippen LogP contribution in [0.5, 0.6) is 5.75 Å². The third kappa shape index (κ3) is 4.98. The minimum absolute atomic E-state index is 0.206. The van der Waals surface area contributed by atoms with E-state index in [4.69, 9.17) is 21.1 Å². The highest BCUT2D eigenvalue weighted by Gasteiger charge is 2.18. The summed E-state index contributed by atoms with van der Waals surface area (Å²) in [6, 6.07) is 16.7. The van der Waals surface area contributed by atoms with E-state index in [1.807, 2.05) is 48.5 Å². The average Bonchev–Trinajstić information content (AvgIpc) is 2.57. The normalized spacial score (nSPS) is 13.2. The van der Waals surface area contributed by atoms with Gasteiger partial charge in [-0.1, -0.05) is 48.0 Å². The molecule has 2 atom stereocenters. The van der Waals surface area contributed by atoms with E-state index in [1.165, 1.54) is 0 Å². The van der Waals surface area contributed by atoms with Crippen molar-refractivity contribution in [2.45, 2.75) is 19.1 Å². The predicted molar refractivity (Wildman–Crippen MR) is 90.7 cm³/mol. The lowest BCUT2D eigenvalue weighted by molar-refractivity contribution is -0.127. The van der Waals surface area contributed by atoms with Gasteiger partial charge < -0.3 is 14.8 Å². The molecule has 0 radical (unpaired) electrons. The number of benzene rings is 2. The summed E-state index contributed by atoms with van der Waals surface area (Å²) >= 11 is 6.17. The first-order chi connectivity index (χ1) is 11.1. The first-order valence-corrected chi connectivity index (χ1v) is 7.76. The largest absolute Gasteiger partial charge is 0.481 e. The number of nitrogens with one attached hydrogen (secondary N) is 1. The molecule has 2 aromatic carbocycles. The molecular formula is C18H20ClNO3. The van der Waals surface area contributed by atoms with Gasteiger partial charge in [0.05, 0.1) is 0 Å². The van der Waals surface area contributed by atoms with Crippen LogP contribution in [0.25, 0.3) is 0 Å². The van der Waals surface area contributed by atoms with Crippen molar-refractivity contribution in [3.05, 3.63) is 65.2 Å². The molecule has 0 aromatic heterocycles. The summed E-state index contributed by atoms with van der Waals surface area (Å²) in [6.45, 7) is 2.03. The number of amides is 1. The zero-order valence-corrected chi connectivity index (χ0v) is 13.9. The van der Waals surface area contributed by atoms with Gasteiger partial charge in [-0.3, -0.25) is 4.79 Å². The van der Waals surface area contributed by atoms with E-state index in [0.29, 0.717) is 17.3 Å². The number of halogens is 1. The van der Waals surface area contributed by atoms with Gasteiger partial charge in [0.15, 0.2) is 6.10 Å². The minimum Gasteiger partial charge on any atom is -0.481 e. The Kier molecular flexibility index (Phi) is 6.44. The van der Waals surface area contributed by atoms with Crippen LogP contribution in [0.3, 0.4) is 0 Å². The Bertz CT molecular complexity index is 633. The van der Waals surface area contributed by atoms with Gasteiger partial charge in [0, 0.05) is 24.2 Å². The Morgan fingerprint density at radius 2 is 1.78 bits per heavy atom. The van der Waals surface area contributed by atoms with E-state index < -0.39 is 6.10 Å². The maximum atomic E-state index is 12.2. The van der Waals surface area contributed by atoms with Crippen LogP contribution in [0.4, 0.5) is 0 Å². The van der Waals surface area contributed by atoms with Gasteiger partial charge in [0.1, 0.15) is 11.9 Å². The number of carbonyl (C=O) groups is 1. The molecule has 2 aromatic rings. The standard InChI is InChI=1S/C18H20ClNO3/c1-13(23-14-8-4-3-5-9-14)18(21)20-12-17(22-2)15-10-6-7-11-16(15)19/h3-11,13,17H,12H2,1-2H3,(H,20,21). The van der Waals surface area contributed by atoms with Crippen LogP contribution in [-0.2, 0) is 9.53 Å². The highest BCUT2D eigenvalue weighted by molar-refractivity contribution is 6.31. The van der Waals surface area contributed by atoms with E-state index in [1.54, 1.807) is 20.1 Å². The quantitative estimate of drug-likeness (QED) is 0.842. The average molecular weight is 334 g/mol. The van der Waals surface area contributed by atoms with Crippen LogP contribution >= 0.6 is 11.6 Å². The van der Waals surface area contributed by atoms with Gasteiger partial charge >= 0.3 is 0 Å². The van der Waals surface area contributed by atoms with Gasteiger partial charge in [-0.2, -0.15) is 0 Å². The molecule has 0 saturated heterocycles. The number of hydrogen-bond donors (Lipinski definition) is 1. The molecule has 0 fully saturated rings. The third-order valence-corrected chi connectivity index (χ3v) is 3.77. The van der Waals surface area contributed by atoms with E-state index in [0.717, 1.165) is 5.56 Å². The summed E-state index contributed by atoms with van der Waals surface area (Å²) in [5.74, 6) is 0.451. The molecule has 0 spiro atoms. The van der Waals surface area contributed by atoms with E-state index in [-0.39, 0.29) is 12.0 Å². The lowest BCUT2D eigenvalue weighted by atomic mass is 10.1. The number of hydrogen-bond acceptors (Lipinski definition) is 3. The number of carbonyl (C=O) groups excluding carboxylic acids is 1. The van der Waals surface area contributed by atoms with Gasteiger partial charge in [-0.15, -0.1) is 0 Å². The zero-order valence-electron chi connectivity index (χ0n) is 13.2. The van der Waals surface area contributed by atoms with Crippen molar-refractivity contribution in [2.75, 3.05) is 13.7 Å². The monoisotopic (exact) mass is 333 g/mol. The Labute approximate surface area is 141 Å². The fraction of sp³-hybridized carbons (Fsp3) is 0.278. The molecule has 2 rings (SSSR count). The number of rotatable bonds is 7. The van der Waals surface area contributed by atoms with Crippen molar-refractivity contribution in [1.29, 1.82) is 0 Å². The van der Waals surface area contributed by atoms with E-state index in [9.17, 15) is 4.79 Å². The second-order valence-corrected chi connectivity index (χ2v) is 5.47. The number of methoxy groups -OCH3 is 1. The lowest BCUT2D eigenvalue weighted by Crippen LogP contribution is -2.38. The van der Waals surface area contributed by atoms with Crippen LogP contribution in [0.1, 0.15) is 18.6 Å². The van der Waals surface area contributed by atoms with Gasteiger partial charge in [-0.25, -0.2) is 0 Å². The summed E-state index contributed by atoms with van der Waals surface area (Å²) < 4.78 is 11.0. The first kappa shape index (κ1) is 17.3. The molecule has 0 heterocycles. The number of ether oxygens (including phenoxy) is 2. The van der Waals surface area contributed by atoms with Crippen LogP contribution in [0.2, 0.25) is 5.02 Å². The SMILES string of the molecule is COC(CNC(=O)C(C)Oc1ccccc1)c1ccccc1Cl.